The van der Waals surface area contributed by atoms with Crippen molar-refractivity contribution < 1.29 is 0 Å². The number of aromatic amines is 1. The minimum absolute atomic E-state index is 0.756. The molecule has 0 radical (unpaired) electrons. The van der Waals surface area contributed by atoms with Crippen molar-refractivity contribution in [3.8, 4) is 0 Å². The van der Waals surface area contributed by atoms with E-state index in [9.17, 15) is 0 Å². The number of fused-ring (bicyclic) bond motifs is 2. The molecule has 3 aromatic heterocycles. The normalized spacial score (nSPS) is 11.5. The van der Waals surface area contributed by atoms with Gasteiger partial charge in [-0.15, -0.1) is 0 Å². The third-order valence-corrected chi connectivity index (χ3v) is 4.75. The third-order valence-electron chi connectivity index (χ3n) is 4.75. The molecular weight excluding hydrogens is 298 g/mol. The summed E-state index contributed by atoms with van der Waals surface area (Å²) >= 11 is 0. The van der Waals surface area contributed by atoms with Gasteiger partial charge in [0.15, 0.2) is 5.65 Å². The molecular formula is C19H21N5. The standard InChI is InChI=1S/C19H21N5/c1-11-7-14(18-15(8-11)12(2)13(3)23-18)9-21-17-5-6-20-19-16(17)10-22-24(19)4/h5-8,10,23H,9H2,1-4H3,(H,20,21). The second-order valence-corrected chi connectivity index (χ2v) is 6.44. The van der Waals surface area contributed by atoms with E-state index >= 15 is 0 Å². The molecule has 122 valence electrons. The largest absolute Gasteiger partial charge is 0.380 e. The van der Waals surface area contributed by atoms with Crippen molar-refractivity contribution in [2.45, 2.75) is 27.3 Å². The molecule has 0 saturated heterocycles. The molecule has 4 rings (SSSR count). The molecule has 0 atom stereocenters. The Labute approximate surface area is 140 Å². The van der Waals surface area contributed by atoms with Crippen LogP contribution in [0.2, 0.25) is 0 Å². The summed E-state index contributed by atoms with van der Waals surface area (Å²) in [4.78, 5) is 7.92. The number of aromatic nitrogens is 4. The van der Waals surface area contributed by atoms with E-state index in [-0.39, 0.29) is 0 Å². The average molecular weight is 319 g/mol. The van der Waals surface area contributed by atoms with Crippen LogP contribution in [0.1, 0.15) is 22.4 Å². The lowest BCUT2D eigenvalue weighted by Crippen LogP contribution is -2.02. The van der Waals surface area contributed by atoms with Gasteiger partial charge >= 0.3 is 0 Å². The van der Waals surface area contributed by atoms with Crippen LogP contribution in [0.15, 0.2) is 30.6 Å². The Morgan fingerprint density at radius 3 is 2.83 bits per heavy atom. The van der Waals surface area contributed by atoms with Crippen molar-refractivity contribution >= 4 is 27.6 Å². The maximum Gasteiger partial charge on any atom is 0.159 e. The zero-order valence-corrected chi connectivity index (χ0v) is 14.4. The molecule has 0 aliphatic heterocycles. The predicted octanol–water partition coefficient (Wildman–Crippen LogP) is 3.99. The predicted molar refractivity (Wildman–Crippen MR) is 98.3 cm³/mol. The molecule has 0 amide bonds. The summed E-state index contributed by atoms with van der Waals surface area (Å²) in [5.74, 6) is 0. The molecule has 0 bridgehead atoms. The number of pyridine rings is 1. The average Bonchev–Trinajstić information content (AvgIpc) is 3.08. The lowest BCUT2D eigenvalue weighted by Gasteiger charge is -2.10. The molecule has 1 aromatic carbocycles. The van der Waals surface area contributed by atoms with Crippen molar-refractivity contribution in [1.82, 2.24) is 19.7 Å². The molecule has 24 heavy (non-hydrogen) atoms. The van der Waals surface area contributed by atoms with Crippen LogP contribution in [0.25, 0.3) is 21.9 Å². The second kappa shape index (κ2) is 5.37. The van der Waals surface area contributed by atoms with E-state index in [0.29, 0.717) is 0 Å². The van der Waals surface area contributed by atoms with Crippen LogP contribution in [0.3, 0.4) is 0 Å². The Kier molecular flexibility index (Phi) is 3.30. The number of H-pyrrole nitrogens is 1. The molecule has 3 heterocycles. The minimum atomic E-state index is 0.756. The zero-order valence-electron chi connectivity index (χ0n) is 14.4. The van der Waals surface area contributed by atoms with Crippen molar-refractivity contribution in [3.63, 3.8) is 0 Å². The van der Waals surface area contributed by atoms with Gasteiger partial charge in [-0.2, -0.15) is 5.10 Å². The first-order chi connectivity index (χ1) is 11.5. The summed E-state index contributed by atoms with van der Waals surface area (Å²) in [6, 6.07) is 6.50. The van der Waals surface area contributed by atoms with Crippen LogP contribution in [0, 0.1) is 20.8 Å². The second-order valence-electron chi connectivity index (χ2n) is 6.44. The van der Waals surface area contributed by atoms with Gasteiger partial charge in [-0.1, -0.05) is 11.6 Å². The Morgan fingerprint density at radius 1 is 1.17 bits per heavy atom. The van der Waals surface area contributed by atoms with Crippen LogP contribution < -0.4 is 5.32 Å². The zero-order chi connectivity index (χ0) is 16.8. The van der Waals surface area contributed by atoms with E-state index in [1.54, 1.807) is 4.68 Å². The van der Waals surface area contributed by atoms with E-state index in [2.05, 4.69) is 53.3 Å². The summed E-state index contributed by atoms with van der Waals surface area (Å²) in [6.07, 6.45) is 3.68. The van der Waals surface area contributed by atoms with E-state index < -0.39 is 0 Å². The lowest BCUT2D eigenvalue weighted by atomic mass is 10.0. The monoisotopic (exact) mass is 319 g/mol. The molecule has 5 nitrogen and oxygen atoms in total. The van der Waals surface area contributed by atoms with Crippen molar-refractivity contribution in [2.24, 2.45) is 7.05 Å². The van der Waals surface area contributed by atoms with E-state index in [1.165, 1.54) is 33.3 Å². The summed E-state index contributed by atoms with van der Waals surface area (Å²) < 4.78 is 1.79. The molecule has 0 fully saturated rings. The van der Waals surface area contributed by atoms with Gasteiger partial charge in [0.05, 0.1) is 17.1 Å². The van der Waals surface area contributed by atoms with Crippen LogP contribution in [0.5, 0.6) is 0 Å². The highest BCUT2D eigenvalue weighted by Crippen LogP contribution is 2.27. The van der Waals surface area contributed by atoms with Crippen LogP contribution >= 0.6 is 0 Å². The van der Waals surface area contributed by atoms with Gasteiger partial charge < -0.3 is 10.3 Å². The van der Waals surface area contributed by atoms with E-state index in [0.717, 1.165) is 23.3 Å². The van der Waals surface area contributed by atoms with Crippen molar-refractivity contribution in [1.29, 1.82) is 0 Å². The maximum absolute atomic E-state index is 4.39. The highest BCUT2D eigenvalue weighted by Gasteiger charge is 2.11. The van der Waals surface area contributed by atoms with Crippen LogP contribution in [0.4, 0.5) is 5.69 Å². The fourth-order valence-electron chi connectivity index (χ4n) is 3.32. The lowest BCUT2D eigenvalue weighted by molar-refractivity contribution is 0.786. The molecule has 5 heteroatoms. The number of rotatable bonds is 3. The van der Waals surface area contributed by atoms with Gasteiger partial charge in [-0.3, -0.25) is 4.68 Å². The number of aryl methyl sites for hydroxylation is 4. The number of nitrogens with one attached hydrogen (secondary N) is 2. The van der Waals surface area contributed by atoms with Crippen molar-refractivity contribution in [2.75, 3.05) is 5.32 Å². The van der Waals surface area contributed by atoms with Gasteiger partial charge in [-0.05, 0) is 44.0 Å². The van der Waals surface area contributed by atoms with Gasteiger partial charge in [0.1, 0.15) is 0 Å². The Balaban J connectivity index is 1.73. The quantitative estimate of drug-likeness (QED) is 0.600. The van der Waals surface area contributed by atoms with Gasteiger partial charge in [0, 0.05) is 36.6 Å². The van der Waals surface area contributed by atoms with Crippen LogP contribution in [-0.2, 0) is 13.6 Å². The molecule has 2 N–H and O–H groups in total. The molecule has 0 unspecified atom stereocenters. The summed E-state index contributed by atoms with van der Waals surface area (Å²) in [5, 5.41) is 10.2. The minimum Gasteiger partial charge on any atom is -0.380 e. The highest BCUT2D eigenvalue weighted by molar-refractivity contribution is 5.90. The van der Waals surface area contributed by atoms with Gasteiger partial charge in [-0.25, -0.2) is 4.98 Å². The fraction of sp³-hybridized carbons (Fsp3) is 0.263. The van der Waals surface area contributed by atoms with E-state index in [1.807, 2.05) is 25.5 Å². The highest BCUT2D eigenvalue weighted by atomic mass is 15.3. The first-order valence-electron chi connectivity index (χ1n) is 8.13. The SMILES string of the molecule is Cc1cc(CNc2ccnc3c2cnn3C)c2[nH]c(C)c(C)c2c1. The fourth-order valence-corrected chi connectivity index (χ4v) is 3.32. The first-order valence-corrected chi connectivity index (χ1v) is 8.13. The van der Waals surface area contributed by atoms with Crippen LogP contribution in [-0.4, -0.2) is 19.7 Å². The topological polar surface area (TPSA) is 58.5 Å². The van der Waals surface area contributed by atoms with Crippen molar-refractivity contribution in [3.05, 3.63) is 53.0 Å². The molecule has 0 aliphatic carbocycles. The number of hydrogen-bond donors (Lipinski definition) is 2. The Hall–Kier alpha value is -2.82. The summed E-state index contributed by atoms with van der Waals surface area (Å²) in [6.45, 7) is 7.21. The maximum atomic E-state index is 4.39. The first kappa shape index (κ1) is 14.8. The number of hydrogen-bond acceptors (Lipinski definition) is 3. The Morgan fingerprint density at radius 2 is 2.00 bits per heavy atom. The molecule has 0 spiro atoms. The number of anilines is 1. The number of nitrogens with zero attached hydrogens (tertiary/aromatic N) is 3. The van der Waals surface area contributed by atoms with E-state index in [4.69, 9.17) is 0 Å². The molecule has 0 saturated carbocycles. The molecule has 4 aromatic rings. The summed E-state index contributed by atoms with van der Waals surface area (Å²) in [7, 11) is 1.91. The Bertz CT molecular complexity index is 1050. The summed E-state index contributed by atoms with van der Waals surface area (Å²) in [5.41, 5.74) is 8.28. The number of benzene rings is 1. The molecule has 0 aliphatic rings. The van der Waals surface area contributed by atoms with Gasteiger partial charge in [0.2, 0.25) is 0 Å². The smallest absolute Gasteiger partial charge is 0.159 e. The van der Waals surface area contributed by atoms with Gasteiger partial charge in [0.25, 0.3) is 0 Å². The third kappa shape index (κ3) is 2.24.